The van der Waals surface area contributed by atoms with E-state index in [4.69, 9.17) is 4.74 Å². The Morgan fingerprint density at radius 2 is 1.55 bits per heavy atom. The highest BCUT2D eigenvalue weighted by Crippen LogP contribution is 2.29. The summed E-state index contributed by atoms with van der Waals surface area (Å²) in [5, 5.41) is 4.88. The molecule has 262 valence electrons. The molecule has 1 unspecified atom stereocenters. The van der Waals surface area contributed by atoms with Gasteiger partial charge in [0.15, 0.2) is 15.9 Å². The van der Waals surface area contributed by atoms with Crippen molar-refractivity contribution in [2.24, 2.45) is 0 Å². The van der Waals surface area contributed by atoms with Gasteiger partial charge in [-0.3, -0.25) is 4.79 Å². The number of carbonyl (C=O) groups is 1. The first-order chi connectivity index (χ1) is 24.3. The van der Waals surface area contributed by atoms with Crippen molar-refractivity contribution in [1.82, 2.24) is 4.98 Å². The second-order valence-corrected chi connectivity index (χ2v) is 15.2. The second-order valence-electron chi connectivity index (χ2n) is 11.8. The molecule has 6 aromatic rings. The third-order valence-electron chi connectivity index (χ3n) is 7.86. The van der Waals surface area contributed by atoms with E-state index in [0.717, 1.165) is 34.1 Å². The normalized spacial score (nSPS) is 12.0. The van der Waals surface area contributed by atoms with Crippen molar-refractivity contribution in [2.45, 2.75) is 42.6 Å². The number of pyridine rings is 2. The number of amides is 1. The molecule has 0 saturated heterocycles. The van der Waals surface area contributed by atoms with Crippen LogP contribution in [0, 0.1) is 6.92 Å². The Bertz CT molecular complexity index is 2350. The summed E-state index contributed by atoms with van der Waals surface area (Å²) in [5.74, 6) is 1.10. The molecule has 0 aliphatic carbocycles. The van der Waals surface area contributed by atoms with Crippen molar-refractivity contribution in [3.8, 4) is 22.7 Å². The number of anilines is 1. The number of hydrogen-bond donors (Lipinski definition) is 1. The summed E-state index contributed by atoms with van der Waals surface area (Å²) >= 11 is 0. The molecule has 10 nitrogen and oxygen atoms in total. The SMILES string of the molecule is CCCC(Oc1ccc2ccnc(-[n+]3ccccc3)c2c1)C(=O)Nc1ccc(-c2ccccc2S(C)(=O)=O)cc1.Cc1ccc(S(=O)(=O)[O-])cc1. The molecule has 0 saturated carbocycles. The van der Waals surface area contributed by atoms with E-state index >= 15 is 0 Å². The van der Waals surface area contributed by atoms with Gasteiger partial charge >= 0.3 is 5.82 Å². The number of sulfone groups is 1. The number of aromatic nitrogens is 2. The first kappa shape index (κ1) is 36.8. The van der Waals surface area contributed by atoms with Gasteiger partial charge in [-0.05, 0) is 89.9 Å². The van der Waals surface area contributed by atoms with Crippen molar-refractivity contribution >= 4 is 42.3 Å². The molecule has 0 fully saturated rings. The maximum atomic E-state index is 13.3. The molecule has 0 bridgehead atoms. The highest BCUT2D eigenvalue weighted by Gasteiger charge is 2.22. The predicted molar refractivity (Wildman–Crippen MR) is 195 cm³/mol. The number of benzene rings is 4. The van der Waals surface area contributed by atoms with Crippen LogP contribution >= 0.6 is 0 Å². The molecular weight excluding hydrogens is 687 g/mol. The minimum atomic E-state index is -4.27. The molecule has 1 amide bonds. The Labute approximate surface area is 298 Å². The predicted octanol–water partition coefficient (Wildman–Crippen LogP) is 6.67. The summed E-state index contributed by atoms with van der Waals surface area (Å²) in [6.45, 7) is 3.83. The van der Waals surface area contributed by atoms with Crippen LogP contribution in [0.2, 0.25) is 0 Å². The van der Waals surface area contributed by atoms with Gasteiger partial charge < -0.3 is 14.6 Å². The molecule has 6 rings (SSSR count). The summed E-state index contributed by atoms with van der Waals surface area (Å²) in [5.41, 5.74) is 2.89. The number of ether oxygens (including phenoxy) is 1. The van der Waals surface area contributed by atoms with Gasteiger partial charge in [0, 0.05) is 17.5 Å². The number of nitrogens with one attached hydrogen (secondary N) is 1. The molecule has 0 spiro atoms. The molecule has 0 radical (unpaired) electrons. The molecule has 1 atom stereocenters. The van der Waals surface area contributed by atoms with E-state index in [1.54, 1.807) is 66.9 Å². The van der Waals surface area contributed by atoms with E-state index in [1.807, 2.05) is 73.3 Å². The monoisotopic (exact) mass is 723 g/mol. The van der Waals surface area contributed by atoms with Crippen molar-refractivity contribution in [3.05, 3.63) is 139 Å². The zero-order valence-corrected chi connectivity index (χ0v) is 29.9. The fourth-order valence-corrected chi connectivity index (χ4v) is 6.69. The molecule has 0 aliphatic rings. The van der Waals surface area contributed by atoms with Gasteiger partial charge in [0.05, 0.1) is 27.6 Å². The van der Waals surface area contributed by atoms with Crippen LogP contribution in [0.3, 0.4) is 0 Å². The molecule has 4 aromatic carbocycles. The standard InChI is InChI=1S/C32H29N3O4S.C7H8O3S/c1-3-9-29(39-26-17-14-24-18-19-33-31(28(24)22-26)35-20-7-4-8-21-35)32(36)34-25-15-12-23(13-16-25)27-10-5-6-11-30(27)40(2,37)38;1-6-2-4-7(5-3-6)11(8,9)10/h4-8,10-22,29H,3,9H2,1-2H3;2-5H,1H3,(H,8,9,10). The lowest BCUT2D eigenvalue weighted by molar-refractivity contribution is -0.598. The van der Waals surface area contributed by atoms with Crippen LogP contribution in [-0.2, 0) is 24.7 Å². The maximum absolute atomic E-state index is 13.3. The second kappa shape index (κ2) is 16.1. The average Bonchev–Trinajstić information content (AvgIpc) is 3.11. The Hall–Kier alpha value is -5.43. The van der Waals surface area contributed by atoms with Gasteiger partial charge in [-0.1, -0.05) is 73.5 Å². The lowest BCUT2D eigenvalue weighted by atomic mass is 10.1. The zero-order valence-electron chi connectivity index (χ0n) is 28.3. The van der Waals surface area contributed by atoms with E-state index in [-0.39, 0.29) is 15.7 Å². The minimum Gasteiger partial charge on any atom is -0.744 e. The van der Waals surface area contributed by atoms with Gasteiger partial charge in [0.1, 0.15) is 22.1 Å². The zero-order chi connectivity index (χ0) is 36.6. The van der Waals surface area contributed by atoms with E-state index < -0.39 is 26.1 Å². The van der Waals surface area contributed by atoms with Crippen LogP contribution in [-0.4, -0.2) is 44.6 Å². The number of carbonyl (C=O) groups excluding carboxylic acids is 1. The molecule has 2 heterocycles. The van der Waals surface area contributed by atoms with Gasteiger partial charge in [-0.2, -0.15) is 0 Å². The Morgan fingerprint density at radius 1 is 0.863 bits per heavy atom. The number of fused-ring (bicyclic) bond motifs is 1. The Morgan fingerprint density at radius 3 is 2.20 bits per heavy atom. The van der Waals surface area contributed by atoms with Crippen LogP contribution in [0.15, 0.2) is 144 Å². The van der Waals surface area contributed by atoms with Crippen molar-refractivity contribution in [2.75, 3.05) is 11.6 Å². The van der Waals surface area contributed by atoms with Crippen molar-refractivity contribution < 1.29 is 35.5 Å². The fraction of sp³-hybridized carbons (Fsp3) is 0.154. The Balaban J connectivity index is 0.000000392. The molecular formula is C39H37N3O7S2. The summed E-state index contributed by atoms with van der Waals surface area (Å²) in [6, 6.07) is 33.3. The minimum absolute atomic E-state index is 0.178. The van der Waals surface area contributed by atoms with Crippen LogP contribution in [0.5, 0.6) is 5.75 Å². The van der Waals surface area contributed by atoms with Crippen LogP contribution in [0.1, 0.15) is 25.3 Å². The van der Waals surface area contributed by atoms with Gasteiger partial charge in [0.25, 0.3) is 5.91 Å². The highest BCUT2D eigenvalue weighted by atomic mass is 32.2. The summed E-state index contributed by atoms with van der Waals surface area (Å²) in [6.07, 6.45) is 7.45. The Kier molecular flexibility index (Phi) is 11.6. The van der Waals surface area contributed by atoms with E-state index in [2.05, 4.69) is 10.3 Å². The number of aryl methyl sites for hydroxylation is 1. The largest absolute Gasteiger partial charge is 0.744 e. The lowest BCUT2D eigenvalue weighted by Gasteiger charge is -2.19. The fourth-order valence-electron chi connectivity index (χ4n) is 5.31. The number of hydrogen-bond acceptors (Lipinski definition) is 8. The maximum Gasteiger partial charge on any atom is 0.335 e. The summed E-state index contributed by atoms with van der Waals surface area (Å²) < 4.78 is 63.8. The van der Waals surface area contributed by atoms with Crippen LogP contribution < -0.4 is 14.6 Å². The molecule has 1 N–H and O–H groups in total. The van der Waals surface area contributed by atoms with E-state index in [9.17, 15) is 26.2 Å². The van der Waals surface area contributed by atoms with Crippen LogP contribution in [0.4, 0.5) is 5.69 Å². The first-order valence-corrected chi connectivity index (χ1v) is 19.4. The molecule has 51 heavy (non-hydrogen) atoms. The molecule has 0 aliphatic heterocycles. The van der Waals surface area contributed by atoms with E-state index in [0.29, 0.717) is 23.4 Å². The highest BCUT2D eigenvalue weighted by molar-refractivity contribution is 7.90. The van der Waals surface area contributed by atoms with Gasteiger partial charge in [-0.25, -0.2) is 21.4 Å². The third-order valence-corrected chi connectivity index (χ3v) is 9.86. The van der Waals surface area contributed by atoms with Gasteiger partial charge in [0.2, 0.25) is 0 Å². The third kappa shape index (κ3) is 9.63. The topological polar surface area (TPSA) is 146 Å². The molecule has 12 heteroatoms. The quantitative estimate of drug-likeness (QED) is 0.122. The van der Waals surface area contributed by atoms with Gasteiger partial charge in [-0.15, -0.1) is 0 Å². The van der Waals surface area contributed by atoms with E-state index in [1.165, 1.54) is 18.4 Å². The van der Waals surface area contributed by atoms with Crippen molar-refractivity contribution in [3.63, 3.8) is 0 Å². The van der Waals surface area contributed by atoms with Crippen LogP contribution in [0.25, 0.3) is 27.7 Å². The average molecular weight is 724 g/mol. The molecule has 2 aromatic heterocycles. The number of nitrogens with zero attached hydrogens (tertiary/aromatic N) is 2. The summed E-state index contributed by atoms with van der Waals surface area (Å²) in [4.78, 5) is 17.9. The van der Waals surface area contributed by atoms with Crippen molar-refractivity contribution in [1.29, 1.82) is 0 Å². The lowest BCUT2D eigenvalue weighted by Crippen LogP contribution is -2.33. The summed E-state index contributed by atoms with van der Waals surface area (Å²) in [7, 11) is -7.65. The number of rotatable bonds is 10. The smallest absolute Gasteiger partial charge is 0.335 e. The first-order valence-electron chi connectivity index (χ1n) is 16.1.